The maximum atomic E-state index is 8.68. The normalized spacial score (nSPS) is 12.1. The van der Waals surface area contributed by atoms with Crippen molar-refractivity contribution in [3.63, 3.8) is 0 Å². The standard InChI is InChI=1S/C9H11N3/c1-7-3-2-4-8(5-7)9(6-10)12-11/h2-5,9,12H,11H2,1H3. The zero-order valence-corrected chi connectivity index (χ0v) is 6.91. The van der Waals surface area contributed by atoms with E-state index in [-0.39, 0.29) is 0 Å². The lowest BCUT2D eigenvalue weighted by atomic mass is 10.1. The second kappa shape index (κ2) is 3.86. The summed E-state index contributed by atoms with van der Waals surface area (Å²) in [5.74, 6) is 5.19. The summed E-state index contributed by atoms with van der Waals surface area (Å²) in [5.41, 5.74) is 4.46. The average Bonchev–Trinajstić information content (AvgIpc) is 2.07. The van der Waals surface area contributed by atoms with Crippen LogP contribution in [0.4, 0.5) is 0 Å². The van der Waals surface area contributed by atoms with Gasteiger partial charge in [0.15, 0.2) is 0 Å². The number of nitrogens with zero attached hydrogens (tertiary/aromatic N) is 1. The fourth-order valence-corrected chi connectivity index (χ4v) is 1.06. The van der Waals surface area contributed by atoms with Crippen molar-refractivity contribution >= 4 is 0 Å². The minimum atomic E-state index is -0.412. The minimum absolute atomic E-state index is 0.412. The molecule has 12 heavy (non-hydrogen) atoms. The molecule has 0 aliphatic rings. The Morgan fingerprint density at radius 2 is 2.33 bits per heavy atom. The highest BCUT2D eigenvalue weighted by Crippen LogP contribution is 2.12. The van der Waals surface area contributed by atoms with E-state index in [2.05, 4.69) is 11.5 Å². The fraction of sp³-hybridized carbons (Fsp3) is 0.222. The van der Waals surface area contributed by atoms with E-state index in [1.807, 2.05) is 31.2 Å². The SMILES string of the molecule is Cc1cccc(C(C#N)NN)c1. The molecule has 1 unspecified atom stereocenters. The van der Waals surface area contributed by atoms with Gasteiger partial charge >= 0.3 is 0 Å². The molecule has 1 atom stereocenters. The fourth-order valence-electron chi connectivity index (χ4n) is 1.06. The molecule has 0 bridgehead atoms. The van der Waals surface area contributed by atoms with Gasteiger partial charge in [0, 0.05) is 0 Å². The van der Waals surface area contributed by atoms with Crippen molar-refractivity contribution in [2.24, 2.45) is 5.84 Å². The number of nitrogens with two attached hydrogens (primary N) is 1. The third-order valence-electron chi connectivity index (χ3n) is 1.67. The first kappa shape index (κ1) is 8.72. The molecule has 0 heterocycles. The van der Waals surface area contributed by atoms with Gasteiger partial charge < -0.3 is 0 Å². The largest absolute Gasteiger partial charge is 0.270 e. The van der Waals surface area contributed by atoms with Gasteiger partial charge in [0.05, 0.1) is 6.07 Å². The van der Waals surface area contributed by atoms with Gasteiger partial charge in [0.1, 0.15) is 6.04 Å². The minimum Gasteiger partial charge on any atom is -0.270 e. The first-order valence-electron chi connectivity index (χ1n) is 3.70. The molecule has 0 aromatic heterocycles. The summed E-state index contributed by atoms with van der Waals surface area (Å²) in [6, 6.07) is 9.35. The molecule has 0 aliphatic carbocycles. The number of nitriles is 1. The topological polar surface area (TPSA) is 61.8 Å². The summed E-state index contributed by atoms with van der Waals surface area (Å²) in [7, 11) is 0. The van der Waals surface area contributed by atoms with E-state index in [1.165, 1.54) is 0 Å². The lowest BCUT2D eigenvalue weighted by Crippen LogP contribution is -2.26. The molecule has 62 valence electrons. The molecular formula is C9H11N3. The first-order valence-corrected chi connectivity index (χ1v) is 3.70. The summed E-state index contributed by atoms with van der Waals surface area (Å²) in [5, 5.41) is 8.68. The van der Waals surface area contributed by atoms with Crippen molar-refractivity contribution in [3.05, 3.63) is 35.4 Å². The van der Waals surface area contributed by atoms with Gasteiger partial charge in [0.2, 0.25) is 0 Å². The maximum Gasteiger partial charge on any atom is 0.133 e. The van der Waals surface area contributed by atoms with E-state index >= 15 is 0 Å². The van der Waals surface area contributed by atoms with Crippen molar-refractivity contribution in [3.8, 4) is 6.07 Å². The number of benzene rings is 1. The smallest absolute Gasteiger partial charge is 0.133 e. The maximum absolute atomic E-state index is 8.68. The molecule has 1 rings (SSSR count). The van der Waals surface area contributed by atoms with Crippen molar-refractivity contribution in [2.45, 2.75) is 13.0 Å². The number of aryl methyl sites for hydroxylation is 1. The van der Waals surface area contributed by atoms with Crippen LogP contribution in [0.25, 0.3) is 0 Å². The molecular weight excluding hydrogens is 150 g/mol. The van der Waals surface area contributed by atoms with Crippen LogP contribution in [0.5, 0.6) is 0 Å². The van der Waals surface area contributed by atoms with Crippen LogP contribution in [-0.4, -0.2) is 0 Å². The van der Waals surface area contributed by atoms with Gasteiger partial charge in [-0.3, -0.25) is 5.84 Å². The van der Waals surface area contributed by atoms with Gasteiger partial charge in [-0.25, -0.2) is 5.43 Å². The lowest BCUT2D eigenvalue weighted by Gasteiger charge is -2.07. The van der Waals surface area contributed by atoms with Gasteiger partial charge in [-0.05, 0) is 12.5 Å². The Morgan fingerprint density at radius 1 is 1.58 bits per heavy atom. The number of hydrazine groups is 1. The molecule has 1 aromatic rings. The van der Waals surface area contributed by atoms with Crippen molar-refractivity contribution < 1.29 is 0 Å². The zero-order chi connectivity index (χ0) is 8.97. The van der Waals surface area contributed by atoms with E-state index in [1.54, 1.807) is 0 Å². The van der Waals surface area contributed by atoms with E-state index in [0.29, 0.717) is 0 Å². The molecule has 0 aliphatic heterocycles. The van der Waals surface area contributed by atoms with Gasteiger partial charge in [0.25, 0.3) is 0 Å². The van der Waals surface area contributed by atoms with Crippen LogP contribution < -0.4 is 11.3 Å². The first-order chi connectivity index (χ1) is 5.77. The van der Waals surface area contributed by atoms with E-state index < -0.39 is 6.04 Å². The summed E-state index contributed by atoms with van der Waals surface area (Å²) in [4.78, 5) is 0. The van der Waals surface area contributed by atoms with Gasteiger partial charge in [-0.15, -0.1) is 0 Å². The predicted octanol–water partition coefficient (Wildman–Crippen LogP) is 1.02. The Morgan fingerprint density at radius 3 is 2.83 bits per heavy atom. The Bertz CT molecular complexity index is 301. The molecule has 0 amide bonds. The van der Waals surface area contributed by atoms with Crippen molar-refractivity contribution in [2.75, 3.05) is 0 Å². The Balaban J connectivity index is 2.95. The van der Waals surface area contributed by atoms with Crippen LogP contribution in [0.1, 0.15) is 17.2 Å². The monoisotopic (exact) mass is 161 g/mol. The molecule has 0 spiro atoms. The van der Waals surface area contributed by atoms with Gasteiger partial charge in [-0.2, -0.15) is 5.26 Å². The molecule has 3 nitrogen and oxygen atoms in total. The highest BCUT2D eigenvalue weighted by Gasteiger charge is 2.06. The average molecular weight is 161 g/mol. The van der Waals surface area contributed by atoms with Crippen LogP contribution in [0.3, 0.4) is 0 Å². The molecule has 0 saturated carbocycles. The number of nitrogens with one attached hydrogen (secondary N) is 1. The highest BCUT2D eigenvalue weighted by molar-refractivity contribution is 5.28. The molecule has 3 heteroatoms. The van der Waals surface area contributed by atoms with Gasteiger partial charge in [-0.1, -0.05) is 29.8 Å². The summed E-state index contributed by atoms with van der Waals surface area (Å²) in [6.07, 6.45) is 0. The Kier molecular flexibility index (Phi) is 2.81. The lowest BCUT2D eigenvalue weighted by molar-refractivity contribution is 0.666. The molecule has 0 saturated heterocycles. The van der Waals surface area contributed by atoms with E-state index in [0.717, 1.165) is 11.1 Å². The number of rotatable bonds is 2. The number of hydrogen-bond acceptors (Lipinski definition) is 3. The second-order valence-corrected chi connectivity index (χ2v) is 2.64. The third kappa shape index (κ3) is 1.82. The van der Waals surface area contributed by atoms with Crippen LogP contribution in [0.15, 0.2) is 24.3 Å². The van der Waals surface area contributed by atoms with Crippen LogP contribution in [-0.2, 0) is 0 Å². The van der Waals surface area contributed by atoms with Crippen molar-refractivity contribution in [1.82, 2.24) is 5.43 Å². The zero-order valence-electron chi connectivity index (χ0n) is 6.91. The Hall–Kier alpha value is -1.37. The van der Waals surface area contributed by atoms with E-state index in [9.17, 15) is 0 Å². The van der Waals surface area contributed by atoms with Crippen LogP contribution in [0.2, 0.25) is 0 Å². The Labute approximate surface area is 71.8 Å². The van der Waals surface area contributed by atoms with Crippen LogP contribution in [0, 0.1) is 18.3 Å². The molecule has 3 N–H and O–H groups in total. The molecule has 1 aromatic carbocycles. The second-order valence-electron chi connectivity index (χ2n) is 2.64. The quantitative estimate of drug-likeness (QED) is 0.503. The van der Waals surface area contributed by atoms with Crippen molar-refractivity contribution in [1.29, 1.82) is 5.26 Å². The number of hydrogen-bond donors (Lipinski definition) is 2. The predicted molar refractivity (Wildman–Crippen MR) is 46.9 cm³/mol. The summed E-state index contributed by atoms with van der Waals surface area (Å²) in [6.45, 7) is 1.98. The summed E-state index contributed by atoms with van der Waals surface area (Å²) >= 11 is 0. The molecule has 0 radical (unpaired) electrons. The third-order valence-corrected chi connectivity index (χ3v) is 1.67. The van der Waals surface area contributed by atoms with Crippen LogP contribution >= 0.6 is 0 Å². The van der Waals surface area contributed by atoms with E-state index in [4.69, 9.17) is 11.1 Å². The summed E-state index contributed by atoms with van der Waals surface area (Å²) < 4.78 is 0. The highest BCUT2D eigenvalue weighted by atomic mass is 15.2. The molecule has 0 fully saturated rings.